The Morgan fingerprint density at radius 2 is 1.93 bits per heavy atom. The largest absolute Gasteiger partial charge is 0.481 e. The summed E-state index contributed by atoms with van der Waals surface area (Å²) in [6, 6.07) is 12.6. The molecule has 0 N–H and O–H groups in total. The van der Waals surface area contributed by atoms with Crippen molar-refractivity contribution in [2.45, 2.75) is 37.7 Å². The summed E-state index contributed by atoms with van der Waals surface area (Å²) in [5.74, 6) is 0.588. The lowest BCUT2D eigenvalue weighted by Crippen LogP contribution is -2.39. The Hall–Kier alpha value is -2.38. The molecule has 0 fully saturated rings. The maximum atomic E-state index is 13.0. The van der Waals surface area contributed by atoms with Gasteiger partial charge in [0, 0.05) is 26.3 Å². The second-order valence-electron chi connectivity index (χ2n) is 7.04. The third-order valence-corrected chi connectivity index (χ3v) is 6.81. The van der Waals surface area contributed by atoms with Crippen LogP contribution in [0.5, 0.6) is 5.75 Å². The zero-order chi connectivity index (χ0) is 20.5. The van der Waals surface area contributed by atoms with Crippen molar-refractivity contribution in [1.82, 2.24) is 4.31 Å². The van der Waals surface area contributed by atoms with Crippen LogP contribution in [0.3, 0.4) is 0 Å². The van der Waals surface area contributed by atoms with Crippen molar-refractivity contribution in [3.8, 4) is 5.75 Å². The molecule has 0 spiro atoms. The van der Waals surface area contributed by atoms with Gasteiger partial charge in [-0.15, -0.1) is 0 Å². The fourth-order valence-corrected chi connectivity index (χ4v) is 4.30. The molecule has 0 radical (unpaired) electrons. The zero-order valence-electron chi connectivity index (χ0n) is 16.7. The fraction of sp³-hybridized carbons (Fsp3) is 0.381. The summed E-state index contributed by atoms with van der Waals surface area (Å²) < 4.78 is 31.8. The Balaban J connectivity index is 1.80. The number of carbonyl (C=O) groups excluding carboxylic acids is 1. The van der Waals surface area contributed by atoms with E-state index >= 15 is 0 Å². The van der Waals surface area contributed by atoms with Crippen LogP contribution in [0.1, 0.15) is 25.0 Å². The van der Waals surface area contributed by atoms with Crippen molar-refractivity contribution in [3.63, 3.8) is 0 Å². The summed E-state index contributed by atoms with van der Waals surface area (Å²) in [6.07, 6.45) is 0.812. The van der Waals surface area contributed by atoms with Crippen LogP contribution in [0.4, 0.5) is 5.69 Å². The number of aryl methyl sites for hydroxylation is 1. The van der Waals surface area contributed by atoms with Crippen LogP contribution in [0.2, 0.25) is 0 Å². The zero-order valence-corrected chi connectivity index (χ0v) is 17.5. The molecule has 1 amide bonds. The summed E-state index contributed by atoms with van der Waals surface area (Å²) in [5.41, 5.74) is 2.67. The monoisotopic (exact) mass is 402 g/mol. The summed E-state index contributed by atoms with van der Waals surface area (Å²) in [6.45, 7) is 4.31. The van der Waals surface area contributed by atoms with Gasteiger partial charge in [-0.05, 0) is 55.2 Å². The maximum absolute atomic E-state index is 13.0. The molecule has 0 unspecified atom stereocenters. The van der Waals surface area contributed by atoms with Gasteiger partial charge in [0.25, 0.3) is 5.91 Å². The highest BCUT2D eigenvalue weighted by molar-refractivity contribution is 7.89. The highest BCUT2D eigenvalue weighted by atomic mass is 32.2. The van der Waals surface area contributed by atoms with Crippen molar-refractivity contribution < 1.29 is 17.9 Å². The molecule has 1 aliphatic rings. The van der Waals surface area contributed by atoms with Crippen LogP contribution < -0.4 is 9.64 Å². The Bertz CT molecular complexity index is 986. The molecule has 28 heavy (non-hydrogen) atoms. The molecule has 3 rings (SSSR count). The number of hydrogen-bond acceptors (Lipinski definition) is 4. The Kier molecular flexibility index (Phi) is 5.76. The van der Waals surface area contributed by atoms with Gasteiger partial charge < -0.3 is 9.64 Å². The molecule has 1 aliphatic heterocycles. The molecule has 0 aliphatic carbocycles. The number of nitrogens with zero attached hydrogens (tertiary/aromatic N) is 2. The van der Waals surface area contributed by atoms with Gasteiger partial charge in [0.2, 0.25) is 10.0 Å². The van der Waals surface area contributed by atoms with E-state index in [0.29, 0.717) is 13.0 Å². The average molecular weight is 403 g/mol. The van der Waals surface area contributed by atoms with Gasteiger partial charge in [0.15, 0.2) is 6.10 Å². The standard InChI is InChI=1S/C21H26N2O4S/c1-5-16-8-6-7-9-20(16)27-15(2)21(24)23-13-12-17-14-18(10-11-19(17)23)28(25,26)22(3)4/h6-11,14-15H,5,12-13H2,1-4H3/t15-/m1/s1. The lowest BCUT2D eigenvalue weighted by atomic mass is 10.1. The number of fused-ring (bicyclic) bond motifs is 1. The van der Waals surface area contributed by atoms with Crippen molar-refractivity contribution in [1.29, 1.82) is 0 Å². The molecule has 7 heteroatoms. The fourth-order valence-electron chi connectivity index (χ4n) is 3.35. The van der Waals surface area contributed by atoms with Gasteiger partial charge in [-0.1, -0.05) is 25.1 Å². The number of para-hydroxylation sites is 1. The number of rotatable bonds is 6. The molecule has 0 saturated carbocycles. The van der Waals surface area contributed by atoms with E-state index < -0.39 is 16.1 Å². The molecule has 0 bridgehead atoms. The molecule has 2 aromatic rings. The summed E-state index contributed by atoms with van der Waals surface area (Å²) in [4.78, 5) is 14.9. The van der Waals surface area contributed by atoms with E-state index in [4.69, 9.17) is 4.74 Å². The minimum atomic E-state index is -3.50. The normalized spacial score (nSPS) is 14.8. The number of amides is 1. The molecule has 1 heterocycles. The first-order chi connectivity index (χ1) is 13.3. The van der Waals surface area contributed by atoms with E-state index in [1.807, 2.05) is 31.2 Å². The van der Waals surface area contributed by atoms with Crippen LogP contribution in [-0.2, 0) is 27.7 Å². The lowest BCUT2D eigenvalue weighted by molar-refractivity contribution is -0.124. The molecule has 0 saturated heterocycles. The van der Waals surface area contributed by atoms with Crippen LogP contribution >= 0.6 is 0 Å². The van der Waals surface area contributed by atoms with Crippen LogP contribution in [0.15, 0.2) is 47.4 Å². The molecule has 0 aromatic heterocycles. The molecule has 2 aromatic carbocycles. The quantitative estimate of drug-likeness (QED) is 0.745. The second-order valence-corrected chi connectivity index (χ2v) is 9.19. The minimum Gasteiger partial charge on any atom is -0.481 e. The Labute approximate surface area is 166 Å². The van der Waals surface area contributed by atoms with Gasteiger partial charge in [-0.25, -0.2) is 12.7 Å². The van der Waals surface area contributed by atoms with Crippen molar-refractivity contribution in [3.05, 3.63) is 53.6 Å². The molecule has 6 nitrogen and oxygen atoms in total. The van der Waals surface area contributed by atoms with Crippen molar-refractivity contribution in [2.24, 2.45) is 0 Å². The number of sulfonamides is 1. The van der Waals surface area contributed by atoms with Crippen LogP contribution in [0.25, 0.3) is 0 Å². The summed E-state index contributed by atoms with van der Waals surface area (Å²) >= 11 is 0. The molecular formula is C21H26N2O4S. The third-order valence-electron chi connectivity index (χ3n) is 5.00. The highest BCUT2D eigenvalue weighted by Crippen LogP contribution is 2.32. The predicted molar refractivity (Wildman–Crippen MR) is 109 cm³/mol. The average Bonchev–Trinajstić information content (AvgIpc) is 3.10. The van der Waals surface area contributed by atoms with Gasteiger partial charge in [-0.3, -0.25) is 4.79 Å². The van der Waals surface area contributed by atoms with Crippen molar-refractivity contribution in [2.75, 3.05) is 25.5 Å². The number of anilines is 1. The van der Waals surface area contributed by atoms with Gasteiger partial charge in [-0.2, -0.15) is 0 Å². The van der Waals surface area contributed by atoms with E-state index in [-0.39, 0.29) is 10.8 Å². The second kappa shape index (κ2) is 7.93. The minimum absolute atomic E-state index is 0.132. The Morgan fingerprint density at radius 1 is 1.21 bits per heavy atom. The Morgan fingerprint density at radius 3 is 2.61 bits per heavy atom. The number of carbonyl (C=O) groups is 1. The summed E-state index contributed by atoms with van der Waals surface area (Å²) in [5, 5.41) is 0. The number of hydrogen-bond donors (Lipinski definition) is 0. The summed E-state index contributed by atoms with van der Waals surface area (Å²) in [7, 11) is -0.485. The van der Waals surface area contributed by atoms with Gasteiger partial charge in [0.05, 0.1) is 4.90 Å². The van der Waals surface area contributed by atoms with E-state index in [9.17, 15) is 13.2 Å². The smallest absolute Gasteiger partial charge is 0.267 e. The van der Waals surface area contributed by atoms with E-state index in [2.05, 4.69) is 0 Å². The number of benzene rings is 2. The van der Waals surface area contributed by atoms with Crippen LogP contribution in [-0.4, -0.2) is 45.4 Å². The highest BCUT2D eigenvalue weighted by Gasteiger charge is 2.30. The van der Waals surface area contributed by atoms with E-state index in [1.54, 1.807) is 30.0 Å². The first-order valence-corrected chi connectivity index (χ1v) is 10.8. The van der Waals surface area contributed by atoms with Crippen molar-refractivity contribution >= 4 is 21.6 Å². The molecular weight excluding hydrogens is 376 g/mol. The lowest BCUT2D eigenvalue weighted by Gasteiger charge is -2.23. The van der Waals surface area contributed by atoms with E-state index in [1.165, 1.54) is 18.4 Å². The van der Waals surface area contributed by atoms with Gasteiger partial charge >= 0.3 is 0 Å². The number of ether oxygens (including phenoxy) is 1. The first-order valence-electron chi connectivity index (χ1n) is 9.37. The van der Waals surface area contributed by atoms with Crippen LogP contribution in [0, 0.1) is 0 Å². The first kappa shape index (κ1) is 20.4. The van der Waals surface area contributed by atoms with E-state index in [0.717, 1.165) is 29.0 Å². The van der Waals surface area contributed by atoms with Gasteiger partial charge in [0.1, 0.15) is 5.75 Å². The SMILES string of the molecule is CCc1ccccc1O[C@H](C)C(=O)N1CCc2cc(S(=O)(=O)N(C)C)ccc21. The maximum Gasteiger partial charge on any atom is 0.267 e. The predicted octanol–water partition coefficient (Wildman–Crippen LogP) is 2.86. The molecule has 1 atom stereocenters. The topological polar surface area (TPSA) is 66.9 Å². The molecule has 150 valence electrons. The third kappa shape index (κ3) is 3.77.